The Labute approximate surface area is 191 Å². The number of ketones is 1. The van der Waals surface area contributed by atoms with Gasteiger partial charge in [0.1, 0.15) is 10.8 Å². The highest BCUT2D eigenvalue weighted by Crippen LogP contribution is 2.31. The van der Waals surface area contributed by atoms with Crippen LogP contribution in [-0.2, 0) is 0 Å². The maximum absolute atomic E-state index is 12.5. The lowest BCUT2D eigenvalue weighted by atomic mass is 10.1. The van der Waals surface area contributed by atoms with E-state index in [1.54, 1.807) is 43.8 Å². The van der Waals surface area contributed by atoms with Crippen LogP contribution in [0.1, 0.15) is 10.4 Å². The fourth-order valence-corrected chi connectivity index (χ4v) is 4.55. The molecule has 1 aromatic heterocycles. The highest BCUT2D eigenvalue weighted by atomic mass is 35.5. The maximum Gasteiger partial charge on any atom is 0.173 e. The number of carbonyl (C=O) groups is 1. The number of Topliss-reactive ketones (excluding diaryl/α,β-unsaturated/α-hetero) is 1. The van der Waals surface area contributed by atoms with Crippen LogP contribution < -0.4 is 14.5 Å². The van der Waals surface area contributed by atoms with Gasteiger partial charge in [-0.15, -0.1) is 0 Å². The number of benzene rings is 2. The molecule has 3 aromatic rings. The van der Waals surface area contributed by atoms with E-state index in [1.807, 2.05) is 18.2 Å². The zero-order valence-electron chi connectivity index (χ0n) is 17.2. The first kappa shape index (κ1) is 21.5. The lowest BCUT2D eigenvalue weighted by Gasteiger charge is -2.37. The molecule has 0 radical (unpaired) electrons. The third-order valence-electron chi connectivity index (χ3n) is 5.16. The minimum absolute atomic E-state index is 0.0410. The van der Waals surface area contributed by atoms with Crippen molar-refractivity contribution >= 4 is 40.7 Å². The molecule has 1 aliphatic rings. The number of para-hydroxylation sites is 2. The summed E-state index contributed by atoms with van der Waals surface area (Å²) in [6.07, 6.45) is 3.37. The average molecular weight is 455 g/mol. The molecule has 0 spiro atoms. The second-order valence-corrected chi connectivity index (χ2v) is 8.45. The van der Waals surface area contributed by atoms with E-state index in [0.29, 0.717) is 16.3 Å². The van der Waals surface area contributed by atoms with Gasteiger partial charge in [-0.1, -0.05) is 35.5 Å². The van der Waals surface area contributed by atoms with Crippen LogP contribution in [-0.4, -0.2) is 54.8 Å². The van der Waals surface area contributed by atoms with Gasteiger partial charge >= 0.3 is 0 Å². The minimum atomic E-state index is 0.0410. The van der Waals surface area contributed by atoms with Crippen molar-refractivity contribution in [2.24, 2.45) is 0 Å². The third kappa shape index (κ3) is 5.11. The van der Waals surface area contributed by atoms with E-state index in [4.69, 9.17) is 16.3 Å². The van der Waals surface area contributed by atoms with Crippen LogP contribution >= 0.6 is 23.4 Å². The molecule has 1 saturated heterocycles. The van der Waals surface area contributed by atoms with Crippen LogP contribution in [0.25, 0.3) is 0 Å². The molecular weight excluding hydrogens is 432 g/mol. The summed E-state index contributed by atoms with van der Waals surface area (Å²) < 4.78 is 5.51. The Kier molecular flexibility index (Phi) is 6.94. The fourth-order valence-electron chi connectivity index (χ4n) is 3.54. The van der Waals surface area contributed by atoms with Crippen molar-refractivity contribution in [1.29, 1.82) is 0 Å². The van der Waals surface area contributed by atoms with E-state index in [-0.39, 0.29) is 5.78 Å². The van der Waals surface area contributed by atoms with E-state index in [1.165, 1.54) is 11.8 Å². The lowest BCUT2D eigenvalue weighted by Crippen LogP contribution is -2.47. The summed E-state index contributed by atoms with van der Waals surface area (Å²) in [6.45, 7) is 3.33. The van der Waals surface area contributed by atoms with Crippen molar-refractivity contribution in [3.8, 4) is 5.75 Å². The number of piperazine rings is 1. The summed E-state index contributed by atoms with van der Waals surface area (Å²) in [6, 6.07) is 15.0. The molecule has 6 nitrogen and oxygen atoms in total. The summed E-state index contributed by atoms with van der Waals surface area (Å²) in [5, 5.41) is 1.39. The Balaban J connectivity index is 1.41. The Hall–Kier alpha value is -2.77. The number of thioether (sulfide) groups is 1. The van der Waals surface area contributed by atoms with E-state index in [9.17, 15) is 4.79 Å². The lowest BCUT2D eigenvalue weighted by molar-refractivity contribution is 0.102. The van der Waals surface area contributed by atoms with Gasteiger partial charge in [0, 0.05) is 49.2 Å². The monoisotopic (exact) mass is 454 g/mol. The predicted molar refractivity (Wildman–Crippen MR) is 126 cm³/mol. The van der Waals surface area contributed by atoms with E-state index in [0.717, 1.165) is 48.5 Å². The number of carbonyl (C=O) groups excluding carboxylic acids is 1. The molecule has 0 unspecified atom stereocenters. The summed E-state index contributed by atoms with van der Waals surface area (Å²) in [5.41, 5.74) is 1.75. The zero-order valence-corrected chi connectivity index (χ0v) is 18.8. The molecule has 0 atom stereocenters. The van der Waals surface area contributed by atoms with Gasteiger partial charge in [-0.3, -0.25) is 4.79 Å². The first-order valence-corrected chi connectivity index (χ1v) is 11.4. The van der Waals surface area contributed by atoms with Gasteiger partial charge in [0.15, 0.2) is 11.6 Å². The van der Waals surface area contributed by atoms with Crippen LogP contribution in [0.4, 0.5) is 11.5 Å². The average Bonchev–Trinajstić information content (AvgIpc) is 2.83. The second-order valence-electron chi connectivity index (χ2n) is 7.05. The zero-order chi connectivity index (χ0) is 21.6. The van der Waals surface area contributed by atoms with E-state index in [2.05, 4.69) is 25.8 Å². The number of nitrogens with zero attached hydrogens (tertiary/aromatic N) is 4. The second kappa shape index (κ2) is 10.0. The predicted octanol–water partition coefficient (Wildman–Crippen LogP) is 4.44. The minimum Gasteiger partial charge on any atom is -0.495 e. The van der Waals surface area contributed by atoms with Crippen LogP contribution in [0.15, 0.2) is 66.0 Å². The van der Waals surface area contributed by atoms with Gasteiger partial charge in [-0.2, -0.15) is 0 Å². The van der Waals surface area contributed by atoms with Crippen molar-refractivity contribution in [2.75, 3.05) is 48.8 Å². The molecule has 0 N–H and O–H groups in total. The van der Waals surface area contributed by atoms with Gasteiger partial charge < -0.3 is 14.5 Å². The number of methoxy groups -OCH3 is 1. The fraction of sp³-hybridized carbons (Fsp3) is 0.261. The molecule has 0 bridgehead atoms. The molecule has 1 aliphatic heterocycles. The van der Waals surface area contributed by atoms with Crippen molar-refractivity contribution in [2.45, 2.75) is 5.03 Å². The van der Waals surface area contributed by atoms with Crippen molar-refractivity contribution in [3.05, 3.63) is 71.5 Å². The molecule has 8 heteroatoms. The smallest absolute Gasteiger partial charge is 0.173 e. The Morgan fingerprint density at radius 3 is 2.42 bits per heavy atom. The number of anilines is 2. The quantitative estimate of drug-likeness (QED) is 0.386. The van der Waals surface area contributed by atoms with Gasteiger partial charge in [0.25, 0.3) is 0 Å². The maximum atomic E-state index is 12.5. The molecule has 4 rings (SSSR count). The van der Waals surface area contributed by atoms with Crippen LogP contribution in [0.2, 0.25) is 5.02 Å². The van der Waals surface area contributed by atoms with E-state index >= 15 is 0 Å². The van der Waals surface area contributed by atoms with Gasteiger partial charge in [-0.05, 0) is 36.4 Å². The molecule has 160 valence electrons. The SMILES string of the molecule is COc1ccccc1N1CCN(c2nccnc2SCC(=O)c2ccc(Cl)cc2)CC1. The summed E-state index contributed by atoms with van der Waals surface area (Å²) in [5.74, 6) is 2.05. The number of aromatic nitrogens is 2. The van der Waals surface area contributed by atoms with Crippen molar-refractivity contribution in [1.82, 2.24) is 9.97 Å². The van der Waals surface area contributed by atoms with Gasteiger partial charge in [0.05, 0.1) is 18.6 Å². The summed E-state index contributed by atoms with van der Waals surface area (Å²) in [4.78, 5) is 26.1. The molecular formula is C23H23ClN4O2S. The van der Waals surface area contributed by atoms with Crippen LogP contribution in [0, 0.1) is 0 Å². The Morgan fingerprint density at radius 1 is 1.00 bits per heavy atom. The molecule has 0 aliphatic carbocycles. The highest BCUT2D eigenvalue weighted by Gasteiger charge is 2.23. The largest absolute Gasteiger partial charge is 0.495 e. The molecule has 2 aromatic carbocycles. The first-order valence-electron chi connectivity index (χ1n) is 10.0. The van der Waals surface area contributed by atoms with Crippen LogP contribution in [0.5, 0.6) is 5.75 Å². The number of rotatable bonds is 7. The van der Waals surface area contributed by atoms with Gasteiger partial charge in [0.2, 0.25) is 0 Å². The van der Waals surface area contributed by atoms with Crippen molar-refractivity contribution in [3.63, 3.8) is 0 Å². The van der Waals surface area contributed by atoms with E-state index < -0.39 is 0 Å². The molecule has 31 heavy (non-hydrogen) atoms. The number of hydrogen-bond acceptors (Lipinski definition) is 7. The standard InChI is InChI=1S/C23H23ClN4O2S/c1-30-21-5-3-2-4-19(21)27-12-14-28(15-13-27)22-23(26-11-10-25-22)31-16-20(29)17-6-8-18(24)9-7-17/h2-11H,12-16H2,1H3. The number of halogens is 1. The molecule has 2 heterocycles. The molecule has 0 saturated carbocycles. The van der Waals surface area contributed by atoms with Crippen LogP contribution in [0.3, 0.4) is 0 Å². The summed E-state index contributed by atoms with van der Waals surface area (Å²) >= 11 is 7.33. The normalized spacial score (nSPS) is 13.9. The number of hydrogen-bond donors (Lipinski definition) is 0. The number of ether oxygens (including phenoxy) is 1. The molecule has 0 amide bonds. The highest BCUT2D eigenvalue weighted by molar-refractivity contribution is 8.00. The summed E-state index contributed by atoms with van der Waals surface area (Å²) in [7, 11) is 1.70. The molecule has 1 fully saturated rings. The third-order valence-corrected chi connectivity index (χ3v) is 6.38. The first-order chi connectivity index (χ1) is 15.2. The Bertz CT molecular complexity index is 1040. The van der Waals surface area contributed by atoms with Gasteiger partial charge in [-0.25, -0.2) is 9.97 Å². The topological polar surface area (TPSA) is 58.6 Å². The van der Waals surface area contributed by atoms with Crippen molar-refractivity contribution < 1.29 is 9.53 Å². The Morgan fingerprint density at radius 2 is 1.68 bits per heavy atom.